The molecule has 174 valence electrons. The van der Waals surface area contributed by atoms with Crippen LogP contribution >= 0.6 is 0 Å². The molecule has 0 spiro atoms. The van der Waals surface area contributed by atoms with Gasteiger partial charge in [0.1, 0.15) is 0 Å². The van der Waals surface area contributed by atoms with Crippen molar-refractivity contribution < 1.29 is 37.3 Å². The van der Waals surface area contributed by atoms with Gasteiger partial charge >= 0.3 is 12.1 Å². The Kier molecular flexibility index (Phi) is 7.02. The number of likely N-dealkylation sites (tertiary alicyclic amines) is 1. The zero-order valence-corrected chi connectivity index (χ0v) is 17.3. The fourth-order valence-electron chi connectivity index (χ4n) is 3.79. The number of rotatable bonds is 4. The second-order valence-electron chi connectivity index (χ2n) is 7.65. The van der Waals surface area contributed by atoms with Crippen LogP contribution in [0.2, 0.25) is 0 Å². The molecule has 1 N–H and O–H groups in total. The number of carboxylic acid groups (broad SMARTS) is 1. The summed E-state index contributed by atoms with van der Waals surface area (Å²) in [6.07, 6.45) is 1.87. The SMILES string of the molecule is Cn1cc(C(=O)N2CC[C@H]3OCC[C@@]3(COc3ccccn3)C2)cn1.O=C(O)C(F)(F)F. The van der Waals surface area contributed by atoms with Crippen molar-refractivity contribution in [3.63, 3.8) is 0 Å². The third kappa shape index (κ3) is 5.55. The van der Waals surface area contributed by atoms with Crippen LogP contribution in [-0.2, 0) is 16.6 Å². The van der Waals surface area contributed by atoms with Crippen LogP contribution < -0.4 is 4.74 Å². The average molecular weight is 456 g/mol. The Morgan fingerprint density at radius 3 is 2.72 bits per heavy atom. The number of carbonyl (C=O) groups is 2. The predicted molar refractivity (Wildman–Crippen MR) is 104 cm³/mol. The maximum absolute atomic E-state index is 12.8. The minimum atomic E-state index is -5.08. The molecular formula is C20H23F3N4O5. The average Bonchev–Trinajstić information content (AvgIpc) is 3.38. The highest BCUT2D eigenvalue weighted by Crippen LogP contribution is 2.41. The lowest BCUT2D eigenvalue weighted by Crippen LogP contribution is -2.54. The second kappa shape index (κ2) is 9.55. The van der Waals surface area contributed by atoms with Crippen molar-refractivity contribution in [1.29, 1.82) is 0 Å². The van der Waals surface area contributed by atoms with E-state index in [1.165, 1.54) is 0 Å². The number of hydrogen-bond acceptors (Lipinski definition) is 6. The monoisotopic (exact) mass is 456 g/mol. The predicted octanol–water partition coefficient (Wildman–Crippen LogP) is 2.15. The van der Waals surface area contributed by atoms with Crippen LogP contribution in [0.1, 0.15) is 23.2 Å². The van der Waals surface area contributed by atoms with Gasteiger partial charge in [0.2, 0.25) is 5.88 Å². The van der Waals surface area contributed by atoms with Gasteiger partial charge in [0.15, 0.2) is 0 Å². The third-order valence-electron chi connectivity index (χ3n) is 5.40. The molecule has 0 aliphatic carbocycles. The number of carbonyl (C=O) groups excluding carboxylic acids is 1. The molecule has 2 atom stereocenters. The molecule has 2 aliphatic heterocycles. The smallest absolute Gasteiger partial charge is 0.477 e. The van der Waals surface area contributed by atoms with Gasteiger partial charge < -0.3 is 19.5 Å². The van der Waals surface area contributed by atoms with Crippen LogP contribution in [0.5, 0.6) is 5.88 Å². The highest BCUT2D eigenvalue weighted by atomic mass is 19.4. The minimum absolute atomic E-state index is 0.0238. The largest absolute Gasteiger partial charge is 0.490 e. The Morgan fingerprint density at radius 2 is 2.12 bits per heavy atom. The summed E-state index contributed by atoms with van der Waals surface area (Å²) in [6.45, 7) is 2.55. The van der Waals surface area contributed by atoms with E-state index >= 15 is 0 Å². The number of fused-ring (bicyclic) bond motifs is 1. The van der Waals surface area contributed by atoms with E-state index < -0.39 is 12.1 Å². The molecular weight excluding hydrogens is 433 g/mol. The molecule has 4 heterocycles. The standard InChI is InChI=1S/C18H22N4O3.C2HF3O2/c1-21-11-14(10-20-21)17(23)22-8-5-15-18(12-22,6-9-24-15)13-25-16-4-2-3-7-19-16;3-2(4,5)1(6)7/h2-4,7,10-11,15H,5-6,8-9,12-13H2,1H3;(H,6,7)/t15-,18+;/m1./s1. The molecule has 0 unspecified atom stereocenters. The van der Waals surface area contributed by atoms with Gasteiger partial charge in [-0.3, -0.25) is 9.48 Å². The van der Waals surface area contributed by atoms with Gasteiger partial charge in [-0.1, -0.05) is 6.07 Å². The molecule has 2 fully saturated rings. The van der Waals surface area contributed by atoms with E-state index in [0.29, 0.717) is 37.7 Å². The molecule has 12 heteroatoms. The Balaban J connectivity index is 0.000000360. The molecule has 1 amide bonds. The summed E-state index contributed by atoms with van der Waals surface area (Å²) in [5, 5.41) is 11.2. The van der Waals surface area contributed by atoms with Crippen molar-refractivity contribution in [2.24, 2.45) is 12.5 Å². The summed E-state index contributed by atoms with van der Waals surface area (Å²) in [7, 11) is 1.82. The minimum Gasteiger partial charge on any atom is -0.477 e. The first-order valence-corrected chi connectivity index (χ1v) is 9.84. The lowest BCUT2D eigenvalue weighted by Gasteiger charge is -2.43. The number of hydrogen-bond donors (Lipinski definition) is 1. The number of piperidine rings is 1. The third-order valence-corrected chi connectivity index (χ3v) is 5.40. The summed E-state index contributed by atoms with van der Waals surface area (Å²) in [6, 6.07) is 5.62. The van der Waals surface area contributed by atoms with Crippen molar-refractivity contribution in [2.75, 3.05) is 26.3 Å². The van der Waals surface area contributed by atoms with Crippen molar-refractivity contribution in [2.45, 2.75) is 25.1 Å². The van der Waals surface area contributed by atoms with Crippen molar-refractivity contribution in [3.8, 4) is 5.88 Å². The fraction of sp³-hybridized carbons (Fsp3) is 0.500. The van der Waals surface area contributed by atoms with Crippen molar-refractivity contribution in [3.05, 3.63) is 42.4 Å². The maximum atomic E-state index is 12.8. The molecule has 4 rings (SSSR count). The van der Waals surface area contributed by atoms with E-state index in [4.69, 9.17) is 19.4 Å². The Bertz CT molecular complexity index is 937. The molecule has 9 nitrogen and oxygen atoms in total. The first kappa shape index (κ1) is 23.5. The molecule has 0 aromatic carbocycles. The highest BCUT2D eigenvalue weighted by molar-refractivity contribution is 5.93. The van der Waals surface area contributed by atoms with E-state index in [1.54, 1.807) is 23.3 Å². The molecule has 0 radical (unpaired) electrons. The number of ether oxygens (including phenoxy) is 2. The normalized spacial score (nSPS) is 22.5. The van der Waals surface area contributed by atoms with Crippen LogP contribution in [-0.4, -0.2) is 75.2 Å². The highest BCUT2D eigenvalue weighted by Gasteiger charge is 2.49. The summed E-state index contributed by atoms with van der Waals surface area (Å²) < 4.78 is 45.3. The first-order chi connectivity index (χ1) is 15.1. The van der Waals surface area contributed by atoms with Gasteiger partial charge in [0, 0.05) is 45.2 Å². The first-order valence-electron chi connectivity index (χ1n) is 9.84. The van der Waals surface area contributed by atoms with E-state index in [9.17, 15) is 18.0 Å². The van der Waals surface area contributed by atoms with Gasteiger partial charge in [-0.05, 0) is 18.9 Å². The molecule has 0 bridgehead atoms. The number of halogens is 3. The quantitative estimate of drug-likeness (QED) is 0.751. The lowest BCUT2D eigenvalue weighted by atomic mass is 9.77. The number of aliphatic carboxylic acids is 1. The number of carboxylic acids is 1. The number of alkyl halides is 3. The Morgan fingerprint density at radius 1 is 1.38 bits per heavy atom. The van der Waals surface area contributed by atoms with Gasteiger partial charge in [0.25, 0.3) is 5.91 Å². The van der Waals surface area contributed by atoms with E-state index in [0.717, 1.165) is 12.8 Å². The molecule has 2 aliphatic rings. The van der Waals surface area contributed by atoms with Gasteiger partial charge in [-0.2, -0.15) is 18.3 Å². The van der Waals surface area contributed by atoms with Gasteiger partial charge in [-0.15, -0.1) is 0 Å². The van der Waals surface area contributed by atoms with Crippen molar-refractivity contribution in [1.82, 2.24) is 19.7 Å². The Hall–Kier alpha value is -3.15. The van der Waals surface area contributed by atoms with Gasteiger partial charge in [0.05, 0.1) is 29.9 Å². The molecule has 32 heavy (non-hydrogen) atoms. The van der Waals surface area contributed by atoms with E-state index in [-0.39, 0.29) is 17.4 Å². The topological polar surface area (TPSA) is 107 Å². The van der Waals surface area contributed by atoms with Crippen LogP contribution in [0.15, 0.2) is 36.8 Å². The van der Waals surface area contributed by atoms with Crippen LogP contribution in [0.25, 0.3) is 0 Å². The number of amides is 1. The van der Waals surface area contributed by atoms with Crippen LogP contribution in [0.3, 0.4) is 0 Å². The Labute approximate surface area is 181 Å². The zero-order valence-electron chi connectivity index (χ0n) is 17.3. The van der Waals surface area contributed by atoms with Crippen LogP contribution in [0.4, 0.5) is 13.2 Å². The maximum Gasteiger partial charge on any atom is 0.490 e. The summed E-state index contributed by atoms with van der Waals surface area (Å²) >= 11 is 0. The lowest BCUT2D eigenvalue weighted by molar-refractivity contribution is -0.192. The summed E-state index contributed by atoms with van der Waals surface area (Å²) in [5.74, 6) is -2.12. The number of aromatic nitrogens is 3. The second-order valence-corrected chi connectivity index (χ2v) is 7.65. The fourth-order valence-corrected chi connectivity index (χ4v) is 3.79. The summed E-state index contributed by atoms with van der Waals surface area (Å²) in [4.78, 5) is 27.8. The molecule has 2 aromatic heterocycles. The van der Waals surface area contributed by atoms with Crippen molar-refractivity contribution >= 4 is 11.9 Å². The molecule has 2 saturated heterocycles. The number of aryl methyl sites for hydroxylation is 1. The van der Waals surface area contributed by atoms with Gasteiger partial charge in [-0.25, -0.2) is 9.78 Å². The van der Waals surface area contributed by atoms with E-state index in [1.807, 2.05) is 30.1 Å². The number of pyridine rings is 1. The molecule has 2 aromatic rings. The van der Waals surface area contributed by atoms with E-state index in [2.05, 4.69) is 10.1 Å². The molecule has 0 saturated carbocycles. The number of nitrogens with zero attached hydrogens (tertiary/aromatic N) is 4. The van der Waals surface area contributed by atoms with Crippen LogP contribution in [0, 0.1) is 5.41 Å². The summed E-state index contributed by atoms with van der Waals surface area (Å²) in [5.41, 5.74) is 0.453. The zero-order chi connectivity index (χ0) is 23.4.